The number of carbonyl (C=O) groups excluding carboxylic acids is 4. The zero-order chi connectivity index (χ0) is 28.2. The Morgan fingerprint density at radius 2 is 0.711 bits per heavy atom. The maximum atomic E-state index is 11.9. The standard InChI is InChI=1S/C16H22O4.C14H18O4/c1-3-5-11-19-15(17)13-9-7-8-10-14(13)16(18)20-12-6-4-2;1-3-9-17-13(15)11-7-5-6-8-12(11)14(16)18-10-4-2/h7-10H,3-6,11-12H2,1-2H3;5-8H,3-4,9-10H2,1-2H3. The third-order valence-electron chi connectivity index (χ3n) is 5.07. The van der Waals surface area contributed by atoms with E-state index in [2.05, 4.69) is 0 Å². The predicted molar refractivity (Wildman–Crippen MR) is 144 cm³/mol. The fourth-order valence-corrected chi connectivity index (χ4v) is 3.00. The van der Waals surface area contributed by atoms with Gasteiger partial charge in [-0.15, -0.1) is 0 Å². The first kappa shape index (κ1) is 32.3. The van der Waals surface area contributed by atoms with Crippen molar-refractivity contribution in [2.24, 2.45) is 0 Å². The highest BCUT2D eigenvalue weighted by Gasteiger charge is 2.19. The van der Waals surface area contributed by atoms with Crippen LogP contribution >= 0.6 is 0 Å². The highest BCUT2D eigenvalue weighted by atomic mass is 16.5. The fraction of sp³-hybridized carbons (Fsp3) is 0.467. The molecule has 0 saturated carbocycles. The van der Waals surface area contributed by atoms with Crippen LogP contribution in [0.4, 0.5) is 0 Å². The van der Waals surface area contributed by atoms with E-state index < -0.39 is 23.9 Å². The summed E-state index contributed by atoms with van der Waals surface area (Å²) < 4.78 is 20.3. The van der Waals surface area contributed by atoms with E-state index in [0.29, 0.717) is 26.4 Å². The molecule has 0 heterocycles. The van der Waals surface area contributed by atoms with Crippen molar-refractivity contribution in [1.82, 2.24) is 0 Å². The summed E-state index contributed by atoms with van der Waals surface area (Å²) in [6.45, 7) is 9.29. The molecule has 2 aromatic carbocycles. The van der Waals surface area contributed by atoms with Crippen LogP contribution in [0.3, 0.4) is 0 Å². The van der Waals surface area contributed by atoms with Crippen LogP contribution in [0.15, 0.2) is 48.5 Å². The van der Waals surface area contributed by atoms with Crippen LogP contribution in [0.2, 0.25) is 0 Å². The van der Waals surface area contributed by atoms with E-state index in [4.69, 9.17) is 18.9 Å². The van der Waals surface area contributed by atoms with Crippen LogP contribution in [-0.2, 0) is 18.9 Å². The molecule has 0 amide bonds. The number of esters is 4. The van der Waals surface area contributed by atoms with E-state index in [9.17, 15) is 19.2 Å². The van der Waals surface area contributed by atoms with Crippen LogP contribution in [0.5, 0.6) is 0 Å². The van der Waals surface area contributed by atoms with Crippen LogP contribution in [0.1, 0.15) is 108 Å². The van der Waals surface area contributed by atoms with Gasteiger partial charge in [0.25, 0.3) is 0 Å². The Morgan fingerprint density at radius 1 is 0.447 bits per heavy atom. The average molecular weight is 529 g/mol. The second kappa shape index (κ2) is 19.4. The molecule has 2 rings (SSSR count). The minimum Gasteiger partial charge on any atom is -0.462 e. The molecule has 0 N–H and O–H groups in total. The van der Waals surface area contributed by atoms with Gasteiger partial charge < -0.3 is 18.9 Å². The van der Waals surface area contributed by atoms with Gasteiger partial charge in [0.2, 0.25) is 0 Å². The largest absolute Gasteiger partial charge is 0.462 e. The lowest BCUT2D eigenvalue weighted by atomic mass is 10.1. The van der Waals surface area contributed by atoms with Crippen LogP contribution in [0, 0.1) is 0 Å². The van der Waals surface area contributed by atoms with E-state index in [-0.39, 0.29) is 22.3 Å². The number of unbranched alkanes of at least 4 members (excludes halogenated alkanes) is 2. The number of ether oxygens (including phenoxy) is 4. The molecule has 0 bridgehead atoms. The molecular weight excluding hydrogens is 488 g/mol. The Morgan fingerprint density at radius 3 is 0.947 bits per heavy atom. The third-order valence-corrected chi connectivity index (χ3v) is 5.07. The van der Waals surface area contributed by atoms with Gasteiger partial charge in [0.1, 0.15) is 0 Å². The van der Waals surface area contributed by atoms with Crippen molar-refractivity contribution in [3.63, 3.8) is 0 Å². The smallest absolute Gasteiger partial charge is 0.339 e. The van der Waals surface area contributed by atoms with Crippen molar-refractivity contribution >= 4 is 23.9 Å². The quantitative estimate of drug-likeness (QED) is 0.157. The molecule has 0 fully saturated rings. The molecule has 0 aliphatic heterocycles. The van der Waals surface area contributed by atoms with Gasteiger partial charge in [-0.2, -0.15) is 0 Å². The molecule has 0 radical (unpaired) electrons. The summed E-state index contributed by atoms with van der Waals surface area (Å²) in [4.78, 5) is 47.4. The maximum Gasteiger partial charge on any atom is 0.339 e. The third kappa shape index (κ3) is 11.6. The summed E-state index contributed by atoms with van der Waals surface area (Å²) in [5.41, 5.74) is 1.05. The molecule has 0 saturated heterocycles. The van der Waals surface area contributed by atoms with Crippen LogP contribution in [-0.4, -0.2) is 50.3 Å². The lowest BCUT2D eigenvalue weighted by molar-refractivity contribution is 0.0452. The van der Waals surface area contributed by atoms with Gasteiger partial charge in [-0.05, 0) is 49.9 Å². The van der Waals surface area contributed by atoms with Crippen molar-refractivity contribution in [2.75, 3.05) is 26.4 Å². The van der Waals surface area contributed by atoms with Gasteiger partial charge in [0.15, 0.2) is 0 Å². The lowest BCUT2D eigenvalue weighted by Crippen LogP contribution is -2.14. The number of hydrogen-bond donors (Lipinski definition) is 0. The van der Waals surface area contributed by atoms with E-state index in [1.807, 2.05) is 27.7 Å². The van der Waals surface area contributed by atoms with Crippen LogP contribution < -0.4 is 0 Å². The van der Waals surface area contributed by atoms with Crippen molar-refractivity contribution in [3.05, 3.63) is 70.8 Å². The predicted octanol–water partition coefficient (Wildman–Crippen LogP) is 6.42. The first-order chi connectivity index (χ1) is 18.4. The fourth-order valence-electron chi connectivity index (χ4n) is 3.00. The summed E-state index contributed by atoms with van der Waals surface area (Å²) in [5.74, 6) is -1.91. The molecule has 2 aromatic rings. The zero-order valence-electron chi connectivity index (χ0n) is 23.0. The zero-order valence-corrected chi connectivity index (χ0v) is 23.0. The molecule has 0 aliphatic carbocycles. The number of carbonyl (C=O) groups is 4. The molecular formula is C30H40O8. The molecule has 208 valence electrons. The van der Waals surface area contributed by atoms with Crippen LogP contribution in [0.25, 0.3) is 0 Å². The first-order valence-corrected chi connectivity index (χ1v) is 13.3. The Labute approximate surface area is 225 Å². The Bertz CT molecular complexity index is 935. The summed E-state index contributed by atoms with van der Waals surface area (Å²) in [5, 5.41) is 0. The maximum absolute atomic E-state index is 11.9. The van der Waals surface area contributed by atoms with E-state index in [1.165, 1.54) is 0 Å². The molecule has 0 aromatic heterocycles. The second-order valence-corrected chi connectivity index (χ2v) is 8.34. The highest BCUT2D eigenvalue weighted by Crippen LogP contribution is 2.14. The minimum absolute atomic E-state index is 0.257. The van der Waals surface area contributed by atoms with Gasteiger partial charge in [-0.3, -0.25) is 0 Å². The second-order valence-electron chi connectivity index (χ2n) is 8.34. The minimum atomic E-state index is -0.485. The SMILES string of the molecule is CCCCOC(=O)c1ccccc1C(=O)OCCCC.CCCOC(=O)c1ccccc1C(=O)OCCC. The van der Waals surface area contributed by atoms with E-state index >= 15 is 0 Å². The van der Waals surface area contributed by atoms with Crippen molar-refractivity contribution in [1.29, 1.82) is 0 Å². The molecule has 0 spiro atoms. The summed E-state index contributed by atoms with van der Waals surface area (Å²) in [6, 6.07) is 13.1. The molecule has 8 nitrogen and oxygen atoms in total. The normalized spacial score (nSPS) is 10.0. The molecule has 38 heavy (non-hydrogen) atoms. The van der Waals surface area contributed by atoms with Gasteiger partial charge in [-0.1, -0.05) is 64.8 Å². The molecule has 0 unspecified atom stereocenters. The lowest BCUT2D eigenvalue weighted by Gasteiger charge is -2.09. The van der Waals surface area contributed by atoms with Crippen molar-refractivity contribution in [3.8, 4) is 0 Å². The highest BCUT2D eigenvalue weighted by molar-refractivity contribution is 6.03. The Kier molecular flexibility index (Phi) is 16.5. The number of rotatable bonds is 14. The molecule has 0 atom stereocenters. The first-order valence-electron chi connectivity index (χ1n) is 13.3. The number of hydrogen-bond acceptors (Lipinski definition) is 8. The Hall–Kier alpha value is -3.68. The molecule has 8 heteroatoms. The van der Waals surface area contributed by atoms with Gasteiger partial charge in [0.05, 0.1) is 48.7 Å². The van der Waals surface area contributed by atoms with Gasteiger partial charge in [-0.25, -0.2) is 19.2 Å². The Balaban J connectivity index is 0.000000382. The summed E-state index contributed by atoms with van der Waals surface area (Å²) in [7, 11) is 0. The number of benzene rings is 2. The van der Waals surface area contributed by atoms with E-state index in [1.54, 1.807) is 48.5 Å². The molecule has 0 aliphatic rings. The summed E-state index contributed by atoms with van der Waals surface area (Å²) in [6.07, 6.45) is 5.02. The average Bonchev–Trinajstić information content (AvgIpc) is 2.95. The van der Waals surface area contributed by atoms with Gasteiger partial charge in [0, 0.05) is 0 Å². The van der Waals surface area contributed by atoms with Crippen molar-refractivity contribution in [2.45, 2.75) is 66.2 Å². The van der Waals surface area contributed by atoms with Gasteiger partial charge >= 0.3 is 23.9 Å². The van der Waals surface area contributed by atoms with Crippen molar-refractivity contribution < 1.29 is 38.1 Å². The van der Waals surface area contributed by atoms with E-state index in [0.717, 1.165) is 38.5 Å². The monoisotopic (exact) mass is 528 g/mol. The summed E-state index contributed by atoms with van der Waals surface area (Å²) >= 11 is 0. The topological polar surface area (TPSA) is 105 Å².